The van der Waals surface area contributed by atoms with Crippen LogP contribution in [0.5, 0.6) is 0 Å². The molecule has 3 rings (SSSR count). The van der Waals surface area contributed by atoms with Gasteiger partial charge in [0, 0.05) is 52.4 Å². The Morgan fingerprint density at radius 2 is 1.81 bits per heavy atom. The highest BCUT2D eigenvalue weighted by atomic mass is 32.2. The van der Waals surface area contributed by atoms with Gasteiger partial charge in [-0.05, 0) is 6.42 Å². The molecule has 1 aromatic rings. The van der Waals surface area contributed by atoms with Crippen molar-refractivity contribution in [2.45, 2.75) is 18.6 Å². The molecular weight excluding hydrogens is 371 g/mol. The topological polar surface area (TPSA) is 69.6 Å². The summed E-state index contributed by atoms with van der Waals surface area (Å²) in [5, 5.41) is 0. The molecule has 11 heteroatoms. The van der Waals surface area contributed by atoms with Crippen LogP contribution in [0.2, 0.25) is 0 Å². The van der Waals surface area contributed by atoms with Gasteiger partial charge in [-0.15, -0.1) is 0 Å². The Hall–Kier alpha value is -1.62. The zero-order valence-corrected chi connectivity index (χ0v) is 15.5. The molecule has 0 aromatic carbocycles. The predicted molar refractivity (Wildman–Crippen MR) is 92.2 cm³/mol. The molecule has 146 valence electrons. The molecular formula is C15H22F3N5O2S. The maximum absolute atomic E-state index is 13.1. The minimum Gasteiger partial charge on any atom is -0.363 e. The van der Waals surface area contributed by atoms with E-state index in [4.69, 9.17) is 0 Å². The van der Waals surface area contributed by atoms with Gasteiger partial charge in [-0.2, -0.15) is 18.2 Å². The van der Waals surface area contributed by atoms with Crippen molar-refractivity contribution < 1.29 is 21.6 Å². The summed E-state index contributed by atoms with van der Waals surface area (Å²) in [5.74, 6) is 0.632. The van der Waals surface area contributed by atoms with E-state index in [9.17, 15) is 21.6 Å². The minimum absolute atomic E-state index is 0.00177. The van der Waals surface area contributed by atoms with Crippen LogP contribution in [0.3, 0.4) is 0 Å². The van der Waals surface area contributed by atoms with E-state index in [0.29, 0.717) is 32.6 Å². The summed E-state index contributed by atoms with van der Waals surface area (Å²) in [6.07, 6.45) is -3.92. The number of alkyl halides is 3. The second-order valence-electron chi connectivity index (χ2n) is 6.88. The van der Waals surface area contributed by atoms with Crippen molar-refractivity contribution in [2.75, 3.05) is 61.6 Å². The first kappa shape index (κ1) is 19.2. The average molecular weight is 393 g/mol. The number of sulfone groups is 1. The Balaban J connectivity index is 1.74. The summed E-state index contributed by atoms with van der Waals surface area (Å²) in [4.78, 5) is 13.3. The highest BCUT2D eigenvalue weighted by Gasteiger charge is 2.36. The van der Waals surface area contributed by atoms with Crippen LogP contribution in [0.1, 0.15) is 12.1 Å². The quantitative estimate of drug-likeness (QED) is 0.755. The van der Waals surface area contributed by atoms with E-state index in [2.05, 4.69) is 14.9 Å². The van der Waals surface area contributed by atoms with E-state index in [1.54, 1.807) is 19.0 Å². The Bertz CT molecular complexity index is 761. The van der Waals surface area contributed by atoms with Crippen molar-refractivity contribution in [1.29, 1.82) is 0 Å². The van der Waals surface area contributed by atoms with Gasteiger partial charge >= 0.3 is 6.18 Å². The molecule has 1 aromatic heterocycles. The van der Waals surface area contributed by atoms with Crippen LogP contribution in [0.15, 0.2) is 6.07 Å². The number of hydrogen-bond donors (Lipinski definition) is 0. The lowest BCUT2D eigenvalue weighted by Crippen LogP contribution is -2.51. The van der Waals surface area contributed by atoms with Gasteiger partial charge < -0.3 is 9.80 Å². The van der Waals surface area contributed by atoms with Gasteiger partial charge in [0.15, 0.2) is 15.5 Å². The molecule has 0 aliphatic carbocycles. The number of piperazine rings is 1. The number of nitrogens with zero attached hydrogens (tertiary/aromatic N) is 5. The predicted octanol–water partition coefficient (Wildman–Crippen LogP) is 0.870. The molecule has 0 spiro atoms. The van der Waals surface area contributed by atoms with Crippen LogP contribution >= 0.6 is 0 Å². The normalized spacial score (nSPS) is 24.0. The monoisotopic (exact) mass is 393 g/mol. The van der Waals surface area contributed by atoms with Crippen LogP contribution in [-0.4, -0.2) is 81.1 Å². The molecule has 0 saturated carbocycles. The van der Waals surface area contributed by atoms with Crippen molar-refractivity contribution in [3.63, 3.8) is 0 Å². The van der Waals surface area contributed by atoms with Gasteiger partial charge in [0.2, 0.25) is 5.95 Å². The van der Waals surface area contributed by atoms with Crippen molar-refractivity contribution in [1.82, 2.24) is 14.9 Å². The summed E-state index contributed by atoms with van der Waals surface area (Å²) < 4.78 is 62.6. The Labute approximate surface area is 150 Å². The lowest BCUT2D eigenvalue weighted by Gasteiger charge is -2.37. The van der Waals surface area contributed by atoms with Gasteiger partial charge in [0.25, 0.3) is 0 Å². The van der Waals surface area contributed by atoms with E-state index < -0.39 is 21.7 Å². The molecule has 2 saturated heterocycles. The Morgan fingerprint density at radius 3 is 2.31 bits per heavy atom. The molecule has 2 fully saturated rings. The Morgan fingerprint density at radius 1 is 1.15 bits per heavy atom. The zero-order valence-electron chi connectivity index (χ0n) is 14.7. The van der Waals surface area contributed by atoms with E-state index in [-0.39, 0.29) is 29.3 Å². The standard InChI is InChI=1S/C15H22F3N5O2S/c1-21(2)13-9-12(15(16,17)18)19-14(20-13)23-6-4-22(5-7-23)11-3-8-26(24,25)10-11/h9,11H,3-8,10H2,1-2H3. The van der Waals surface area contributed by atoms with Crippen molar-refractivity contribution >= 4 is 21.6 Å². The van der Waals surface area contributed by atoms with E-state index in [1.807, 2.05) is 0 Å². The van der Waals surface area contributed by atoms with Crippen LogP contribution in [-0.2, 0) is 16.0 Å². The molecule has 0 radical (unpaired) electrons. The third-order valence-corrected chi connectivity index (χ3v) is 6.52. The summed E-state index contributed by atoms with van der Waals surface area (Å²) in [6, 6.07) is 0.935. The van der Waals surface area contributed by atoms with Crippen molar-refractivity contribution in [3.05, 3.63) is 11.8 Å². The molecule has 0 amide bonds. The Kier molecular flexibility index (Phi) is 5.04. The number of halogens is 3. The first-order valence-electron chi connectivity index (χ1n) is 8.38. The van der Waals surface area contributed by atoms with Crippen LogP contribution in [0.25, 0.3) is 0 Å². The second-order valence-corrected chi connectivity index (χ2v) is 9.11. The fourth-order valence-corrected chi connectivity index (χ4v) is 5.05. The summed E-state index contributed by atoms with van der Waals surface area (Å²) in [6.45, 7) is 2.09. The zero-order chi connectivity index (χ0) is 19.1. The molecule has 1 atom stereocenters. The maximum atomic E-state index is 13.1. The molecule has 1 unspecified atom stereocenters. The van der Waals surface area contributed by atoms with Crippen LogP contribution in [0, 0.1) is 0 Å². The summed E-state index contributed by atoms with van der Waals surface area (Å²) >= 11 is 0. The lowest BCUT2D eigenvalue weighted by atomic mass is 10.2. The number of hydrogen-bond acceptors (Lipinski definition) is 7. The third kappa shape index (κ3) is 4.20. The summed E-state index contributed by atoms with van der Waals surface area (Å²) in [7, 11) is 0.301. The smallest absolute Gasteiger partial charge is 0.363 e. The minimum atomic E-state index is -4.54. The van der Waals surface area contributed by atoms with Gasteiger partial charge in [0.1, 0.15) is 5.82 Å². The largest absolute Gasteiger partial charge is 0.433 e. The summed E-state index contributed by atoms with van der Waals surface area (Å²) in [5.41, 5.74) is -0.962. The SMILES string of the molecule is CN(C)c1cc(C(F)(F)F)nc(N2CCN(C3CCS(=O)(=O)C3)CC2)n1. The first-order chi connectivity index (χ1) is 12.0. The highest BCUT2D eigenvalue weighted by molar-refractivity contribution is 7.91. The first-order valence-corrected chi connectivity index (χ1v) is 10.2. The highest BCUT2D eigenvalue weighted by Crippen LogP contribution is 2.31. The molecule has 26 heavy (non-hydrogen) atoms. The molecule has 0 bridgehead atoms. The number of aromatic nitrogens is 2. The van der Waals surface area contributed by atoms with Gasteiger partial charge in [-0.1, -0.05) is 0 Å². The number of rotatable bonds is 3. The fourth-order valence-electron chi connectivity index (χ4n) is 3.29. The molecule has 0 N–H and O–H groups in total. The van der Waals surface area contributed by atoms with E-state index in [0.717, 1.165) is 6.07 Å². The average Bonchev–Trinajstić information content (AvgIpc) is 2.94. The van der Waals surface area contributed by atoms with Crippen LogP contribution < -0.4 is 9.80 Å². The molecule has 2 aliphatic heterocycles. The van der Waals surface area contributed by atoms with Crippen LogP contribution in [0.4, 0.5) is 24.9 Å². The van der Waals surface area contributed by atoms with Crippen molar-refractivity contribution in [2.24, 2.45) is 0 Å². The molecule has 2 aliphatic rings. The fraction of sp³-hybridized carbons (Fsp3) is 0.733. The van der Waals surface area contributed by atoms with Crippen molar-refractivity contribution in [3.8, 4) is 0 Å². The lowest BCUT2D eigenvalue weighted by molar-refractivity contribution is -0.141. The van der Waals surface area contributed by atoms with Gasteiger partial charge in [0.05, 0.1) is 11.5 Å². The van der Waals surface area contributed by atoms with Gasteiger partial charge in [-0.3, -0.25) is 4.90 Å². The third-order valence-electron chi connectivity index (χ3n) is 4.77. The van der Waals surface area contributed by atoms with Gasteiger partial charge in [-0.25, -0.2) is 13.4 Å². The molecule has 7 nitrogen and oxygen atoms in total. The second kappa shape index (κ2) is 6.84. The van der Waals surface area contributed by atoms with E-state index in [1.165, 1.54) is 4.90 Å². The number of anilines is 2. The van der Waals surface area contributed by atoms with E-state index >= 15 is 0 Å². The molecule has 3 heterocycles. The maximum Gasteiger partial charge on any atom is 0.433 e.